The van der Waals surface area contributed by atoms with Crippen LogP contribution in [0.3, 0.4) is 0 Å². The van der Waals surface area contributed by atoms with E-state index in [1.165, 1.54) is 4.90 Å². The van der Waals surface area contributed by atoms with Crippen molar-refractivity contribution < 1.29 is 19.4 Å². The van der Waals surface area contributed by atoms with Gasteiger partial charge in [0.15, 0.2) is 0 Å². The average Bonchev–Trinajstić information content (AvgIpc) is 2.93. The summed E-state index contributed by atoms with van der Waals surface area (Å²) in [4.78, 5) is 26.7. The summed E-state index contributed by atoms with van der Waals surface area (Å²) in [5, 5.41) is 10.9. The number of nitrogens with zero attached hydrogens (tertiary/aromatic N) is 1. The highest BCUT2D eigenvalue weighted by Crippen LogP contribution is 2.40. The first-order valence-electron chi connectivity index (χ1n) is 8.27. The normalized spacial score (nSPS) is 18.6. The maximum atomic E-state index is 12.7. The zero-order chi connectivity index (χ0) is 19.6. The zero-order valence-electron chi connectivity index (χ0n) is 14.7. The lowest BCUT2D eigenvalue weighted by Gasteiger charge is -2.24. The predicted molar refractivity (Wildman–Crippen MR) is 106 cm³/mol. The topological polar surface area (TPSA) is 66.8 Å². The third kappa shape index (κ3) is 3.53. The largest absolute Gasteiger partial charge is 0.507 e. The summed E-state index contributed by atoms with van der Waals surface area (Å²) in [6.07, 6.45) is 1.55. The van der Waals surface area contributed by atoms with Crippen LogP contribution < -0.4 is 4.74 Å². The second-order valence-electron chi connectivity index (χ2n) is 6.02. The maximum Gasteiger partial charge on any atom is 0.295 e. The van der Waals surface area contributed by atoms with Crippen LogP contribution in [0, 0.1) is 0 Å². The van der Waals surface area contributed by atoms with Gasteiger partial charge in [-0.2, -0.15) is 0 Å². The smallest absolute Gasteiger partial charge is 0.295 e. The Morgan fingerprint density at radius 1 is 1.26 bits per heavy atom. The first-order chi connectivity index (χ1) is 13.0. The lowest BCUT2D eigenvalue weighted by molar-refractivity contribution is -0.139. The molecule has 0 spiro atoms. The Hall–Kier alpha value is -2.86. The number of methoxy groups -OCH3 is 1. The van der Waals surface area contributed by atoms with Gasteiger partial charge in [0.25, 0.3) is 11.7 Å². The van der Waals surface area contributed by atoms with E-state index in [0.717, 1.165) is 4.47 Å². The number of halogens is 1. The van der Waals surface area contributed by atoms with Gasteiger partial charge in [0.05, 0.1) is 18.7 Å². The number of carbonyl (C=O) groups is 2. The molecule has 0 unspecified atom stereocenters. The van der Waals surface area contributed by atoms with Gasteiger partial charge >= 0.3 is 0 Å². The second kappa shape index (κ2) is 7.80. The molecule has 1 atom stereocenters. The molecule has 1 N–H and O–H groups in total. The van der Waals surface area contributed by atoms with Crippen LogP contribution in [0.4, 0.5) is 0 Å². The molecule has 2 aromatic rings. The van der Waals surface area contributed by atoms with E-state index < -0.39 is 17.7 Å². The summed E-state index contributed by atoms with van der Waals surface area (Å²) < 4.78 is 6.11. The highest BCUT2D eigenvalue weighted by Gasteiger charge is 2.45. The van der Waals surface area contributed by atoms with Crippen LogP contribution in [0.5, 0.6) is 5.75 Å². The molecule has 6 heteroatoms. The van der Waals surface area contributed by atoms with Crippen molar-refractivity contribution in [3.63, 3.8) is 0 Å². The standard InChI is InChI=1S/C21H18BrNO4/c1-3-11-23-18(14-5-4-6-16(12-14)27-2)17(20(25)21(23)26)19(24)13-7-9-15(22)10-8-13/h3-10,12,18,24H,1,11H2,2H3/b19-17+/t18-/m1/s1. The number of rotatable bonds is 5. The number of hydrogen-bond donors (Lipinski definition) is 1. The fourth-order valence-electron chi connectivity index (χ4n) is 3.13. The number of ketones is 1. The van der Waals surface area contributed by atoms with Gasteiger partial charge in [0.1, 0.15) is 11.5 Å². The molecule has 3 rings (SSSR count). The third-order valence-corrected chi connectivity index (χ3v) is 4.92. The van der Waals surface area contributed by atoms with Crippen molar-refractivity contribution in [1.29, 1.82) is 0 Å². The van der Waals surface area contributed by atoms with E-state index in [0.29, 0.717) is 16.9 Å². The summed E-state index contributed by atoms with van der Waals surface area (Å²) in [7, 11) is 1.54. The van der Waals surface area contributed by atoms with Crippen molar-refractivity contribution >= 4 is 33.4 Å². The van der Waals surface area contributed by atoms with Crippen LogP contribution in [0.1, 0.15) is 17.2 Å². The first-order valence-corrected chi connectivity index (χ1v) is 9.06. The quantitative estimate of drug-likeness (QED) is 0.338. The number of likely N-dealkylation sites (tertiary alicyclic amines) is 1. The van der Waals surface area contributed by atoms with Gasteiger partial charge in [0, 0.05) is 16.6 Å². The molecule has 0 aromatic heterocycles. The van der Waals surface area contributed by atoms with Gasteiger partial charge in [-0.25, -0.2) is 0 Å². The molecule has 1 saturated heterocycles. The Morgan fingerprint density at radius 3 is 2.59 bits per heavy atom. The molecule has 5 nitrogen and oxygen atoms in total. The van der Waals surface area contributed by atoms with Crippen molar-refractivity contribution in [3.05, 3.63) is 82.4 Å². The fourth-order valence-corrected chi connectivity index (χ4v) is 3.39. The number of Topliss-reactive ketones (excluding diaryl/α,β-unsaturated/α-hetero) is 1. The Balaban J connectivity index is 2.20. The van der Waals surface area contributed by atoms with E-state index in [1.807, 2.05) is 0 Å². The summed E-state index contributed by atoms with van der Waals surface area (Å²) >= 11 is 3.34. The third-order valence-electron chi connectivity index (χ3n) is 4.39. The zero-order valence-corrected chi connectivity index (χ0v) is 16.3. The molecule has 138 valence electrons. The second-order valence-corrected chi connectivity index (χ2v) is 6.94. The number of amides is 1. The molecule has 1 heterocycles. The van der Waals surface area contributed by atoms with E-state index in [4.69, 9.17) is 4.74 Å². The van der Waals surface area contributed by atoms with Gasteiger partial charge < -0.3 is 14.7 Å². The summed E-state index contributed by atoms with van der Waals surface area (Å²) in [5.74, 6) is -0.993. The van der Waals surface area contributed by atoms with Crippen LogP contribution in [0.2, 0.25) is 0 Å². The number of aliphatic hydroxyl groups excluding tert-OH is 1. The van der Waals surface area contributed by atoms with Crippen molar-refractivity contribution in [2.45, 2.75) is 6.04 Å². The molecule has 27 heavy (non-hydrogen) atoms. The van der Waals surface area contributed by atoms with E-state index in [2.05, 4.69) is 22.5 Å². The Morgan fingerprint density at radius 2 is 1.96 bits per heavy atom. The summed E-state index contributed by atoms with van der Waals surface area (Å²) in [6.45, 7) is 3.85. The van der Waals surface area contributed by atoms with Crippen LogP contribution in [-0.2, 0) is 9.59 Å². The highest BCUT2D eigenvalue weighted by atomic mass is 79.9. The lowest BCUT2D eigenvalue weighted by Crippen LogP contribution is -2.29. The molecular weight excluding hydrogens is 410 g/mol. The minimum absolute atomic E-state index is 0.0532. The number of carbonyl (C=O) groups excluding carboxylic acids is 2. The molecule has 0 bridgehead atoms. The van der Waals surface area contributed by atoms with Gasteiger partial charge in [-0.05, 0) is 29.8 Å². The van der Waals surface area contributed by atoms with Crippen LogP contribution in [-0.4, -0.2) is 35.4 Å². The molecule has 0 aliphatic carbocycles. The number of hydrogen-bond acceptors (Lipinski definition) is 4. The molecule has 0 saturated carbocycles. The minimum atomic E-state index is -0.721. The Kier molecular flexibility index (Phi) is 5.46. The Bertz CT molecular complexity index is 933. The molecule has 1 aliphatic rings. The van der Waals surface area contributed by atoms with E-state index in [9.17, 15) is 14.7 Å². The SMILES string of the molecule is C=CCN1C(=O)C(=O)/C(=C(/O)c2ccc(Br)cc2)[C@H]1c1cccc(OC)c1. The van der Waals surface area contributed by atoms with Crippen molar-refractivity contribution in [2.75, 3.05) is 13.7 Å². The highest BCUT2D eigenvalue weighted by molar-refractivity contribution is 9.10. The number of benzene rings is 2. The van der Waals surface area contributed by atoms with Crippen LogP contribution in [0.25, 0.3) is 5.76 Å². The van der Waals surface area contributed by atoms with Crippen LogP contribution in [0.15, 0.2) is 71.2 Å². The van der Waals surface area contributed by atoms with Gasteiger partial charge in [-0.15, -0.1) is 6.58 Å². The molecular formula is C21H18BrNO4. The molecule has 1 fully saturated rings. The summed E-state index contributed by atoms with van der Waals surface area (Å²) in [6, 6.07) is 13.3. The van der Waals surface area contributed by atoms with Crippen molar-refractivity contribution in [2.24, 2.45) is 0 Å². The molecule has 0 radical (unpaired) electrons. The molecule has 2 aromatic carbocycles. The maximum absolute atomic E-state index is 12.7. The van der Waals surface area contributed by atoms with E-state index in [1.54, 1.807) is 61.7 Å². The van der Waals surface area contributed by atoms with Crippen molar-refractivity contribution in [1.82, 2.24) is 4.90 Å². The van der Waals surface area contributed by atoms with Gasteiger partial charge in [0.2, 0.25) is 0 Å². The van der Waals surface area contributed by atoms with Gasteiger partial charge in [-0.1, -0.05) is 46.3 Å². The number of ether oxygens (including phenoxy) is 1. The predicted octanol–water partition coefficient (Wildman–Crippen LogP) is 4.07. The first kappa shape index (κ1) is 18.9. The van der Waals surface area contributed by atoms with Gasteiger partial charge in [-0.3, -0.25) is 9.59 Å². The van der Waals surface area contributed by atoms with E-state index >= 15 is 0 Å². The van der Waals surface area contributed by atoms with Crippen molar-refractivity contribution in [3.8, 4) is 5.75 Å². The Labute approximate surface area is 165 Å². The average molecular weight is 428 g/mol. The monoisotopic (exact) mass is 427 g/mol. The van der Waals surface area contributed by atoms with Crippen LogP contribution >= 0.6 is 15.9 Å². The molecule has 1 amide bonds. The summed E-state index contributed by atoms with van der Waals surface area (Å²) in [5.41, 5.74) is 1.19. The molecule has 1 aliphatic heterocycles. The number of aliphatic hydroxyl groups is 1. The lowest BCUT2D eigenvalue weighted by atomic mass is 9.95. The minimum Gasteiger partial charge on any atom is -0.507 e. The fraction of sp³-hybridized carbons (Fsp3) is 0.143. The van der Waals surface area contributed by atoms with E-state index in [-0.39, 0.29) is 17.9 Å².